The third kappa shape index (κ3) is 5.85. The van der Waals surface area contributed by atoms with Gasteiger partial charge in [-0.15, -0.1) is 0 Å². The highest BCUT2D eigenvalue weighted by Gasteiger charge is 2.28. The SMILES string of the molecule is C=CC(=O)O[C@H]1CC[C@H](C[C@H]2CC[C@H](OC(=O)C=C)CC2)CC1. The first-order valence-corrected chi connectivity index (χ1v) is 8.76. The predicted molar refractivity (Wildman–Crippen MR) is 88.7 cm³/mol. The zero-order valence-corrected chi connectivity index (χ0v) is 13.9. The molecule has 128 valence electrons. The zero-order chi connectivity index (χ0) is 16.7. The molecule has 0 amide bonds. The molecule has 0 unspecified atom stereocenters. The second-order valence-corrected chi connectivity index (χ2v) is 6.80. The Morgan fingerprint density at radius 1 is 0.739 bits per heavy atom. The molecule has 0 radical (unpaired) electrons. The van der Waals surface area contributed by atoms with Gasteiger partial charge in [-0.05, 0) is 69.6 Å². The monoisotopic (exact) mass is 320 g/mol. The number of carbonyl (C=O) groups is 2. The Hall–Kier alpha value is -1.58. The van der Waals surface area contributed by atoms with Crippen molar-refractivity contribution in [2.75, 3.05) is 0 Å². The van der Waals surface area contributed by atoms with E-state index in [1.54, 1.807) is 0 Å². The quantitative estimate of drug-likeness (QED) is 0.549. The van der Waals surface area contributed by atoms with E-state index < -0.39 is 0 Å². The van der Waals surface area contributed by atoms with E-state index in [4.69, 9.17) is 9.47 Å². The molecule has 2 saturated carbocycles. The molecule has 2 aliphatic rings. The molecule has 4 nitrogen and oxygen atoms in total. The Morgan fingerprint density at radius 3 is 1.39 bits per heavy atom. The molecule has 2 aliphatic carbocycles. The van der Waals surface area contributed by atoms with Gasteiger partial charge in [-0.1, -0.05) is 13.2 Å². The van der Waals surface area contributed by atoms with Crippen LogP contribution in [0, 0.1) is 11.8 Å². The van der Waals surface area contributed by atoms with Crippen LogP contribution in [0.1, 0.15) is 57.8 Å². The fourth-order valence-corrected chi connectivity index (χ4v) is 3.87. The fourth-order valence-electron chi connectivity index (χ4n) is 3.87. The van der Waals surface area contributed by atoms with Crippen LogP contribution in [0.15, 0.2) is 25.3 Å². The second-order valence-electron chi connectivity index (χ2n) is 6.80. The third-order valence-corrected chi connectivity index (χ3v) is 5.15. The van der Waals surface area contributed by atoms with E-state index in [0.29, 0.717) is 0 Å². The van der Waals surface area contributed by atoms with Crippen LogP contribution >= 0.6 is 0 Å². The maximum absolute atomic E-state index is 11.2. The predicted octanol–water partition coefficient (Wildman–Crippen LogP) is 3.95. The van der Waals surface area contributed by atoms with Gasteiger partial charge in [0.15, 0.2) is 0 Å². The van der Waals surface area contributed by atoms with E-state index in [1.165, 1.54) is 18.6 Å². The normalized spacial score (nSPS) is 31.0. The van der Waals surface area contributed by atoms with Crippen molar-refractivity contribution in [1.29, 1.82) is 0 Å². The number of hydrogen-bond acceptors (Lipinski definition) is 4. The molecule has 0 aliphatic heterocycles. The van der Waals surface area contributed by atoms with Crippen molar-refractivity contribution in [3.63, 3.8) is 0 Å². The molecule has 0 aromatic heterocycles. The first-order chi connectivity index (χ1) is 11.1. The van der Waals surface area contributed by atoms with Gasteiger partial charge in [0.2, 0.25) is 0 Å². The minimum absolute atomic E-state index is 0.0748. The molecule has 0 heterocycles. The molecule has 23 heavy (non-hydrogen) atoms. The number of esters is 2. The summed E-state index contributed by atoms with van der Waals surface area (Å²) in [5.74, 6) is 0.874. The molecule has 0 N–H and O–H groups in total. The Balaban J connectivity index is 1.64. The van der Waals surface area contributed by atoms with Crippen molar-refractivity contribution in [1.82, 2.24) is 0 Å². The van der Waals surface area contributed by atoms with Crippen molar-refractivity contribution in [2.24, 2.45) is 11.8 Å². The van der Waals surface area contributed by atoms with Crippen molar-refractivity contribution >= 4 is 11.9 Å². The molecule has 2 rings (SSSR count). The topological polar surface area (TPSA) is 52.6 Å². The van der Waals surface area contributed by atoms with Crippen LogP contribution in [-0.4, -0.2) is 24.1 Å². The molecular weight excluding hydrogens is 292 g/mol. The van der Waals surface area contributed by atoms with E-state index in [1.807, 2.05) is 0 Å². The smallest absolute Gasteiger partial charge is 0.330 e. The Bertz CT molecular complexity index is 387. The lowest BCUT2D eigenvalue weighted by atomic mass is 9.76. The van der Waals surface area contributed by atoms with Gasteiger partial charge in [-0.25, -0.2) is 9.59 Å². The third-order valence-electron chi connectivity index (χ3n) is 5.15. The van der Waals surface area contributed by atoms with Gasteiger partial charge in [0, 0.05) is 12.2 Å². The van der Waals surface area contributed by atoms with Gasteiger partial charge >= 0.3 is 11.9 Å². The second kappa shape index (κ2) is 8.90. The van der Waals surface area contributed by atoms with Crippen molar-refractivity contribution < 1.29 is 19.1 Å². The van der Waals surface area contributed by atoms with Crippen molar-refractivity contribution in [3.05, 3.63) is 25.3 Å². The lowest BCUT2D eigenvalue weighted by molar-refractivity contribution is -0.145. The summed E-state index contributed by atoms with van der Waals surface area (Å²) < 4.78 is 10.7. The van der Waals surface area contributed by atoms with Crippen LogP contribution in [0.3, 0.4) is 0 Å². The highest BCUT2D eigenvalue weighted by atomic mass is 16.5. The molecule has 0 bridgehead atoms. The maximum atomic E-state index is 11.2. The summed E-state index contributed by atoms with van der Waals surface area (Å²) in [6, 6.07) is 0. The maximum Gasteiger partial charge on any atom is 0.330 e. The average molecular weight is 320 g/mol. The van der Waals surface area contributed by atoms with Gasteiger partial charge in [0.25, 0.3) is 0 Å². The highest BCUT2D eigenvalue weighted by Crippen LogP contribution is 2.36. The summed E-state index contributed by atoms with van der Waals surface area (Å²) in [5, 5.41) is 0. The first-order valence-electron chi connectivity index (χ1n) is 8.76. The minimum atomic E-state index is -0.305. The number of rotatable bonds is 6. The average Bonchev–Trinajstić information content (AvgIpc) is 2.58. The first kappa shape index (κ1) is 17.8. The van der Waals surface area contributed by atoms with Gasteiger partial charge < -0.3 is 9.47 Å². The molecule has 0 spiro atoms. The molecule has 0 saturated heterocycles. The van der Waals surface area contributed by atoms with Crippen LogP contribution < -0.4 is 0 Å². The lowest BCUT2D eigenvalue weighted by Crippen LogP contribution is -2.27. The molecule has 2 fully saturated rings. The standard InChI is InChI=1S/C19H28O4/c1-3-18(20)22-16-9-5-14(6-10-16)13-15-7-11-17(12-8-15)23-19(21)4-2/h3-4,14-17H,1-2,5-13H2/t14-,15-,16-,17-. The van der Waals surface area contributed by atoms with E-state index in [-0.39, 0.29) is 24.1 Å². The van der Waals surface area contributed by atoms with Gasteiger partial charge in [0.1, 0.15) is 12.2 Å². The van der Waals surface area contributed by atoms with Crippen LogP contribution in [0.25, 0.3) is 0 Å². The molecule has 4 heteroatoms. The molecular formula is C19H28O4. The van der Waals surface area contributed by atoms with E-state index in [2.05, 4.69) is 13.2 Å². The van der Waals surface area contributed by atoms with Crippen LogP contribution in [0.5, 0.6) is 0 Å². The Labute approximate surface area is 138 Å². The molecule has 0 atom stereocenters. The van der Waals surface area contributed by atoms with Gasteiger partial charge in [-0.3, -0.25) is 0 Å². The highest BCUT2D eigenvalue weighted by molar-refractivity contribution is 5.81. The van der Waals surface area contributed by atoms with Crippen LogP contribution in [0.4, 0.5) is 0 Å². The van der Waals surface area contributed by atoms with Gasteiger partial charge in [-0.2, -0.15) is 0 Å². The summed E-state index contributed by atoms with van der Waals surface area (Å²) in [5.41, 5.74) is 0. The van der Waals surface area contributed by atoms with Crippen molar-refractivity contribution in [3.8, 4) is 0 Å². The van der Waals surface area contributed by atoms with Crippen LogP contribution in [-0.2, 0) is 19.1 Å². The summed E-state index contributed by atoms with van der Waals surface area (Å²) in [7, 11) is 0. The number of carbonyl (C=O) groups excluding carboxylic acids is 2. The number of ether oxygens (including phenoxy) is 2. The van der Waals surface area contributed by atoms with E-state index in [0.717, 1.165) is 63.2 Å². The Morgan fingerprint density at radius 2 is 1.09 bits per heavy atom. The lowest BCUT2D eigenvalue weighted by Gasteiger charge is -2.33. The van der Waals surface area contributed by atoms with Crippen molar-refractivity contribution in [2.45, 2.75) is 70.0 Å². The van der Waals surface area contributed by atoms with Gasteiger partial charge in [0.05, 0.1) is 0 Å². The van der Waals surface area contributed by atoms with E-state index >= 15 is 0 Å². The molecule has 0 aromatic carbocycles. The Kier molecular flexibility index (Phi) is 6.87. The summed E-state index contributed by atoms with van der Waals surface area (Å²) in [6.45, 7) is 6.87. The fraction of sp³-hybridized carbons (Fsp3) is 0.684. The summed E-state index contributed by atoms with van der Waals surface area (Å²) >= 11 is 0. The number of hydrogen-bond donors (Lipinski definition) is 0. The minimum Gasteiger partial charge on any atom is -0.459 e. The summed E-state index contributed by atoms with van der Waals surface area (Å²) in [4.78, 5) is 22.5. The van der Waals surface area contributed by atoms with E-state index in [9.17, 15) is 9.59 Å². The largest absolute Gasteiger partial charge is 0.459 e. The summed E-state index contributed by atoms with van der Waals surface area (Å²) in [6.07, 6.45) is 12.3. The zero-order valence-electron chi connectivity index (χ0n) is 13.9. The molecule has 0 aromatic rings. The van der Waals surface area contributed by atoms with Crippen LogP contribution in [0.2, 0.25) is 0 Å².